The molecule has 17 heavy (non-hydrogen) atoms. The van der Waals surface area contributed by atoms with Gasteiger partial charge in [-0.3, -0.25) is 0 Å². The third kappa shape index (κ3) is 4.47. The maximum atomic E-state index is 6.25. The van der Waals surface area contributed by atoms with Crippen molar-refractivity contribution < 1.29 is 0 Å². The molecule has 0 fully saturated rings. The minimum absolute atomic E-state index is 0.415. The first kappa shape index (κ1) is 14.8. The van der Waals surface area contributed by atoms with Crippen LogP contribution in [-0.4, -0.2) is 17.6 Å². The Morgan fingerprint density at radius 3 is 2.65 bits per heavy atom. The van der Waals surface area contributed by atoms with Crippen molar-refractivity contribution in [1.82, 2.24) is 4.98 Å². The zero-order valence-electron chi connectivity index (χ0n) is 10.7. The van der Waals surface area contributed by atoms with Gasteiger partial charge < -0.3 is 4.90 Å². The summed E-state index contributed by atoms with van der Waals surface area (Å²) in [5.74, 6) is 0.890. The lowest BCUT2D eigenvalue weighted by atomic mass is 10.2. The van der Waals surface area contributed by atoms with E-state index < -0.39 is 0 Å². The van der Waals surface area contributed by atoms with Gasteiger partial charge in [0.05, 0.1) is 5.02 Å². The fraction of sp³-hybridized carbons (Fsp3) is 0.615. The quantitative estimate of drug-likeness (QED) is 0.693. The summed E-state index contributed by atoms with van der Waals surface area (Å²) < 4.78 is 0.920. The number of rotatable bonds is 6. The van der Waals surface area contributed by atoms with E-state index in [9.17, 15) is 0 Å². The van der Waals surface area contributed by atoms with Gasteiger partial charge in [0.15, 0.2) is 0 Å². The van der Waals surface area contributed by atoms with Gasteiger partial charge in [0.25, 0.3) is 0 Å². The van der Waals surface area contributed by atoms with Crippen LogP contribution in [0.3, 0.4) is 0 Å². The van der Waals surface area contributed by atoms with Crippen molar-refractivity contribution in [2.75, 3.05) is 11.4 Å². The van der Waals surface area contributed by atoms with Gasteiger partial charge >= 0.3 is 0 Å². The average Bonchev–Trinajstić information content (AvgIpc) is 2.25. The zero-order chi connectivity index (χ0) is 12.8. The molecule has 0 aliphatic carbocycles. The predicted molar refractivity (Wildman–Crippen MR) is 79.0 cm³/mol. The highest BCUT2D eigenvalue weighted by Crippen LogP contribution is 2.27. The SMILES string of the molecule is CCCCCN(c1ncc(Br)cc1Cl)C(C)C. The van der Waals surface area contributed by atoms with Gasteiger partial charge in [-0.2, -0.15) is 0 Å². The minimum atomic E-state index is 0.415. The second kappa shape index (κ2) is 7.22. The first-order valence-corrected chi connectivity index (χ1v) is 7.31. The van der Waals surface area contributed by atoms with Crippen molar-refractivity contribution in [3.8, 4) is 0 Å². The van der Waals surface area contributed by atoms with Gasteiger partial charge in [-0.05, 0) is 42.3 Å². The summed E-state index contributed by atoms with van der Waals surface area (Å²) in [7, 11) is 0. The molecule has 0 saturated carbocycles. The number of nitrogens with zero attached hydrogens (tertiary/aromatic N) is 2. The largest absolute Gasteiger partial charge is 0.353 e. The van der Waals surface area contributed by atoms with E-state index in [-0.39, 0.29) is 0 Å². The van der Waals surface area contributed by atoms with Crippen LogP contribution in [0.4, 0.5) is 5.82 Å². The predicted octanol–water partition coefficient (Wildman–Crippen LogP) is 4.90. The number of unbranched alkanes of at least 4 members (excludes halogenated alkanes) is 2. The van der Waals surface area contributed by atoms with Gasteiger partial charge in [-0.15, -0.1) is 0 Å². The topological polar surface area (TPSA) is 16.1 Å². The monoisotopic (exact) mass is 318 g/mol. The zero-order valence-corrected chi connectivity index (χ0v) is 13.1. The lowest BCUT2D eigenvalue weighted by molar-refractivity contribution is 0.620. The van der Waals surface area contributed by atoms with Gasteiger partial charge in [0.2, 0.25) is 0 Å². The minimum Gasteiger partial charge on any atom is -0.353 e. The van der Waals surface area contributed by atoms with Crippen LogP contribution < -0.4 is 4.90 Å². The number of hydrogen-bond acceptors (Lipinski definition) is 2. The van der Waals surface area contributed by atoms with Crippen LogP contribution in [0.2, 0.25) is 5.02 Å². The molecule has 0 aliphatic heterocycles. The van der Waals surface area contributed by atoms with Crippen molar-refractivity contribution in [2.24, 2.45) is 0 Å². The molecule has 0 saturated heterocycles. The van der Waals surface area contributed by atoms with Gasteiger partial charge in [-0.25, -0.2) is 4.98 Å². The standard InChI is InChI=1S/C13H20BrClN2/c1-4-5-6-7-17(10(2)3)13-12(15)8-11(14)9-16-13/h8-10H,4-7H2,1-3H3. The first-order valence-electron chi connectivity index (χ1n) is 6.14. The smallest absolute Gasteiger partial charge is 0.147 e. The fourth-order valence-corrected chi connectivity index (χ4v) is 2.50. The summed E-state index contributed by atoms with van der Waals surface area (Å²) in [6.07, 6.45) is 5.46. The molecular formula is C13H20BrClN2. The number of hydrogen-bond donors (Lipinski definition) is 0. The number of aromatic nitrogens is 1. The molecule has 0 aromatic carbocycles. The van der Waals surface area contributed by atoms with Crippen molar-refractivity contribution in [1.29, 1.82) is 0 Å². The molecule has 2 nitrogen and oxygen atoms in total. The second-order valence-electron chi connectivity index (χ2n) is 4.45. The molecule has 1 rings (SSSR count). The first-order chi connectivity index (χ1) is 8.06. The second-order valence-corrected chi connectivity index (χ2v) is 5.78. The van der Waals surface area contributed by atoms with Crippen molar-refractivity contribution >= 4 is 33.3 Å². The summed E-state index contributed by atoms with van der Waals surface area (Å²) in [4.78, 5) is 6.69. The van der Waals surface area contributed by atoms with E-state index in [0.29, 0.717) is 11.1 Å². The normalized spacial score (nSPS) is 10.9. The van der Waals surface area contributed by atoms with Crippen LogP contribution in [0.5, 0.6) is 0 Å². The highest BCUT2D eigenvalue weighted by molar-refractivity contribution is 9.10. The third-order valence-electron chi connectivity index (χ3n) is 2.69. The fourth-order valence-electron chi connectivity index (χ4n) is 1.76. The molecule has 0 bridgehead atoms. The molecule has 4 heteroatoms. The Morgan fingerprint density at radius 1 is 1.41 bits per heavy atom. The summed E-state index contributed by atoms with van der Waals surface area (Å²) in [6, 6.07) is 2.32. The molecule has 0 N–H and O–H groups in total. The summed E-state index contributed by atoms with van der Waals surface area (Å²) in [5, 5.41) is 0.713. The van der Waals surface area contributed by atoms with Crippen LogP contribution >= 0.6 is 27.5 Å². The van der Waals surface area contributed by atoms with Crippen LogP contribution in [0.15, 0.2) is 16.7 Å². The van der Waals surface area contributed by atoms with Crippen molar-refractivity contribution in [2.45, 2.75) is 46.1 Å². The lowest BCUT2D eigenvalue weighted by Gasteiger charge is -2.28. The van der Waals surface area contributed by atoms with E-state index in [1.54, 1.807) is 6.20 Å². The summed E-state index contributed by atoms with van der Waals surface area (Å²) in [6.45, 7) is 7.57. The molecule has 1 aromatic heterocycles. The highest BCUT2D eigenvalue weighted by atomic mass is 79.9. The van der Waals surface area contributed by atoms with Crippen LogP contribution in [0, 0.1) is 0 Å². The Hall–Kier alpha value is -0.280. The van der Waals surface area contributed by atoms with Crippen molar-refractivity contribution in [3.63, 3.8) is 0 Å². The van der Waals surface area contributed by atoms with E-state index in [1.807, 2.05) is 6.07 Å². The van der Waals surface area contributed by atoms with E-state index >= 15 is 0 Å². The maximum absolute atomic E-state index is 6.25. The lowest BCUT2D eigenvalue weighted by Crippen LogP contribution is -2.32. The van der Waals surface area contributed by atoms with Crippen LogP contribution in [0.1, 0.15) is 40.0 Å². The number of halogens is 2. The molecule has 0 atom stereocenters. The molecular weight excluding hydrogens is 300 g/mol. The molecule has 0 amide bonds. The highest BCUT2D eigenvalue weighted by Gasteiger charge is 2.14. The Bertz CT molecular complexity index is 355. The van der Waals surface area contributed by atoms with E-state index in [0.717, 1.165) is 16.8 Å². The molecule has 0 spiro atoms. The Kier molecular flexibility index (Phi) is 6.28. The molecule has 1 aromatic rings. The molecule has 1 heterocycles. The maximum Gasteiger partial charge on any atom is 0.147 e. The van der Waals surface area contributed by atoms with E-state index in [4.69, 9.17) is 11.6 Å². The van der Waals surface area contributed by atoms with Crippen LogP contribution in [-0.2, 0) is 0 Å². The number of pyridine rings is 1. The number of anilines is 1. The average molecular weight is 320 g/mol. The van der Waals surface area contributed by atoms with E-state index in [1.165, 1.54) is 19.3 Å². The van der Waals surface area contributed by atoms with Gasteiger partial charge in [-0.1, -0.05) is 31.4 Å². The Balaban J connectivity index is 2.82. The van der Waals surface area contributed by atoms with E-state index in [2.05, 4.69) is 46.6 Å². The van der Waals surface area contributed by atoms with Crippen LogP contribution in [0.25, 0.3) is 0 Å². The molecule has 96 valence electrons. The molecule has 0 unspecified atom stereocenters. The Morgan fingerprint density at radius 2 is 2.12 bits per heavy atom. The summed E-state index contributed by atoms with van der Waals surface area (Å²) in [5.41, 5.74) is 0. The van der Waals surface area contributed by atoms with Crippen molar-refractivity contribution in [3.05, 3.63) is 21.8 Å². The van der Waals surface area contributed by atoms with Gasteiger partial charge in [0.1, 0.15) is 5.82 Å². The third-order valence-corrected chi connectivity index (χ3v) is 3.40. The van der Waals surface area contributed by atoms with Gasteiger partial charge in [0, 0.05) is 23.3 Å². The Labute approximate surface area is 118 Å². The molecule has 0 radical (unpaired) electrons. The summed E-state index contributed by atoms with van der Waals surface area (Å²) >= 11 is 9.63. The molecule has 0 aliphatic rings.